The van der Waals surface area contributed by atoms with Crippen LogP contribution in [-0.2, 0) is 0 Å². The SMILES string of the molecule is CCOc1ccc(Br)cc1[C@H](N)CCC(F)(F)F.Cl. The van der Waals surface area contributed by atoms with Gasteiger partial charge in [-0.3, -0.25) is 0 Å². The van der Waals surface area contributed by atoms with Crippen LogP contribution in [0.2, 0.25) is 0 Å². The molecular formula is C12H16BrClF3NO. The molecule has 2 N–H and O–H groups in total. The Morgan fingerprint density at radius 1 is 1.37 bits per heavy atom. The van der Waals surface area contributed by atoms with E-state index in [9.17, 15) is 13.2 Å². The molecule has 1 aromatic carbocycles. The number of halogens is 5. The molecule has 110 valence electrons. The van der Waals surface area contributed by atoms with Gasteiger partial charge in [0.1, 0.15) is 5.75 Å². The van der Waals surface area contributed by atoms with Crippen molar-refractivity contribution in [2.75, 3.05) is 6.61 Å². The molecule has 0 heterocycles. The van der Waals surface area contributed by atoms with Gasteiger partial charge in [0, 0.05) is 22.5 Å². The first-order chi connectivity index (χ1) is 8.33. The van der Waals surface area contributed by atoms with Crippen LogP contribution in [0.5, 0.6) is 5.75 Å². The highest BCUT2D eigenvalue weighted by molar-refractivity contribution is 9.10. The van der Waals surface area contributed by atoms with Crippen molar-refractivity contribution in [3.05, 3.63) is 28.2 Å². The van der Waals surface area contributed by atoms with E-state index in [1.165, 1.54) is 0 Å². The molecule has 0 spiro atoms. The first kappa shape index (κ1) is 18.5. The van der Waals surface area contributed by atoms with Gasteiger partial charge in [0.2, 0.25) is 0 Å². The first-order valence-electron chi connectivity index (χ1n) is 5.58. The van der Waals surface area contributed by atoms with Crippen molar-refractivity contribution >= 4 is 28.3 Å². The van der Waals surface area contributed by atoms with Crippen LogP contribution in [-0.4, -0.2) is 12.8 Å². The summed E-state index contributed by atoms with van der Waals surface area (Å²) in [4.78, 5) is 0. The molecule has 0 aliphatic carbocycles. The fourth-order valence-electron chi connectivity index (χ4n) is 1.57. The zero-order valence-electron chi connectivity index (χ0n) is 10.3. The maximum Gasteiger partial charge on any atom is 0.389 e. The van der Waals surface area contributed by atoms with Gasteiger partial charge in [0.25, 0.3) is 0 Å². The molecular weight excluding hydrogens is 346 g/mol. The van der Waals surface area contributed by atoms with Gasteiger partial charge < -0.3 is 10.5 Å². The number of nitrogens with two attached hydrogens (primary N) is 1. The Bertz CT molecular complexity index is 401. The second-order valence-electron chi connectivity index (χ2n) is 3.88. The van der Waals surface area contributed by atoms with E-state index in [2.05, 4.69) is 15.9 Å². The van der Waals surface area contributed by atoms with Gasteiger partial charge in [-0.05, 0) is 31.5 Å². The van der Waals surface area contributed by atoms with Gasteiger partial charge in [-0.1, -0.05) is 15.9 Å². The predicted molar refractivity (Wildman–Crippen MR) is 74.8 cm³/mol. The molecule has 0 aromatic heterocycles. The minimum atomic E-state index is -4.19. The van der Waals surface area contributed by atoms with Gasteiger partial charge >= 0.3 is 6.18 Å². The van der Waals surface area contributed by atoms with E-state index in [1.807, 2.05) is 6.92 Å². The predicted octanol–water partition coefficient (Wildman–Crippen LogP) is 4.61. The van der Waals surface area contributed by atoms with Crippen molar-refractivity contribution in [3.8, 4) is 5.75 Å². The summed E-state index contributed by atoms with van der Waals surface area (Å²) in [6, 6.07) is 4.48. The summed E-state index contributed by atoms with van der Waals surface area (Å²) in [5, 5.41) is 0. The molecule has 2 nitrogen and oxygen atoms in total. The number of benzene rings is 1. The van der Waals surface area contributed by atoms with Crippen LogP contribution in [0.25, 0.3) is 0 Å². The minimum absolute atomic E-state index is 0. The van der Waals surface area contributed by atoms with Crippen LogP contribution in [0, 0.1) is 0 Å². The Balaban J connectivity index is 0.00000324. The molecule has 0 unspecified atom stereocenters. The Kier molecular flexibility index (Phi) is 7.78. The summed E-state index contributed by atoms with van der Waals surface area (Å²) in [6.45, 7) is 2.26. The molecule has 0 saturated heterocycles. The largest absolute Gasteiger partial charge is 0.494 e. The molecule has 1 atom stereocenters. The maximum atomic E-state index is 12.2. The minimum Gasteiger partial charge on any atom is -0.494 e. The van der Waals surface area contributed by atoms with E-state index in [0.29, 0.717) is 17.9 Å². The number of rotatable bonds is 5. The topological polar surface area (TPSA) is 35.2 Å². The molecule has 0 amide bonds. The Labute approximate surface area is 125 Å². The van der Waals surface area contributed by atoms with Crippen LogP contribution >= 0.6 is 28.3 Å². The quantitative estimate of drug-likeness (QED) is 0.830. The smallest absolute Gasteiger partial charge is 0.389 e. The molecule has 0 aliphatic rings. The van der Waals surface area contributed by atoms with Gasteiger partial charge in [-0.15, -0.1) is 12.4 Å². The summed E-state index contributed by atoms with van der Waals surface area (Å²) < 4.78 is 42.6. The Hall–Kier alpha value is -0.460. The van der Waals surface area contributed by atoms with Crippen LogP contribution < -0.4 is 10.5 Å². The zero-order valence-corrected chi connectivity index (χ0v) is 12.7. The summed E-state index contributed by atoms with van der Waals surface area (Å²) in [5.74, 6) is 0.537. The van der Waals surface area contributed by atoms with Crippen molar-refractivity contribution in [3.63, 3.8) is 0 Å². The van der Waals surface area contributed by atoms with Gasteiger partial charge in [-0.25, -0.2) is 0 Å². The lowest BCUT2D eigenvalue weighted by Crippen LogP contribution is -2.16. The van der Waals surface area contributed by atoms with E-state index in [0.717, 1.165) is 4.47 Å². The molecule has 1 aromatic rings. The third kappa shape index (κ3) is 6.49. The molecule has 7 heteroatoms. The standard InChI is InChI=1S/C12H15BrF3NO.ClH/c1-2-18-11-4-3-8(13)7-9(11)10(17)5-6-12(14,15)16;/h3-4,7,10H,2,5-6,17H2,1H3;1H/t10-;/m1./s1. The van der Waals surface area contributed by atoms with Crippen LogP contribution in [0.4, 0.5) is 13.2 Å². The number of alkyl halides is 3. The van der Waals surface area contributed by atoms with E-state index in [4.69, 9.17) is 10.5 Å². The first-order valence-corrected chi connectivity index (χ1v) is 6.37. The van der Waals surface area contributed by atoms with Crippen molar-refractivity contribution in [1.29, 1.82) is 0 Å². The normalized spacial score (nSPS) is 12.7. The summed E-state index contributed by atoms with van der Waals surface area (Å²) in [7, 11) is 0. The summed E-state index contributed by atoms with van der Waals surface area (Å²) >= 11 is 3.27. The lowest BCUT2D eigenvalue weighted by molar-refractivity contribution is -0.136. The van der Waals surface area contributed by atoms with Crippen molar-refractivity contribution in [2.24, 2.45) is 5.73 Å². The van der Waals surface area contributed by atoms with Crippen molar-refractivity contribution in [2.45, 2.75) is 32.0 Å². The van der Waals surface area contributed by atoms with Gasteiger partial charge in [-0.2, -0.15) is 13.2 Å². The van der Waals surface area contributed by atoms with E-state index >= 15 is 0 Å². The molecule has 0 saturated carbocycles. The van der Waals surface area contributed by atoms with Crippen molar-refractivity contribution < 1.29 is 17.9 Å². The molecule has 1 rings (SSSR count). The third-order valence-electron chi connectivity index (χ3n) is 2.41. The number of ether oxygens (including phenoxy) is 1. The molecule has 0 aliphatic heterocycles. The molecule has 19 heavy (non-hydrogen) atoms. The highest BCUT2D eigenvalue weighted by Gasteiger charge is 2.28. The van der Waals surface area contributed by atoms with Gasteiger partial charge in [0.05, 0.1) is 6.61 Å². The van der Waals surface area contributed by atoms with E-state index < -0.39 is 18.6 Å². The van der Waals surface area contributed by atoms with Crippen LogP contribution in [0.3, 0.4) is 0 Å². The second-order valence-corrected chi connectivity index (χ2v) is 4.79. The number of hydrogen-bond acceptors (Lipinski definition) is 2. The van der Waals surface area contributed by atoms with Crippen molar-refractivity contribution in [1.82, 2.24) is 0 Å². The Morgan fingerprint density at radius 3 is 2.53 bits per heavy atom. The molecule has 0 bridgehead atoms. The lowest BCUT2D eigenvalue weighted by Gasteiger charge is -2.17. The highest BCUT2D eigenvalue weighted by atomic mass is 79.9. The fourth-order valence-corrected chi connectivity index (χ4v) is 1.95. The van der Waals surface area contributed by atoms with E-state index in [-0.39, 0.29) is 18.8 Å². The average molecular weight is 363 g/mol. The maximum absolute atomic E-state index is 12.2. The monoisotopic (exact) mass is 361 g/mol. The second kappa shape index (κ2) is 7.97. The fraction of sp³-hybridized carbons (Fsp3) is 0.500. The average Bonchev–Trinajstić information content (AvgIpc) is 2.27. The van der Waals surface area contributed by atoms with E-state index in [1.54, 1.807) is 18.2 Å². The third-order valence-corrected chi connectivity index (χ3v) is 2.90. The molecule has 0 fully saturated rings. The Morgan fingerprint density at radius 2 is 2.00 bits per heavy atom. The van der Waals surface area contributed by atoms with Crippen LogP contribution in [0.1, 0.15) is 31.4 Å². The van der Waals surface area contributed by atoms with Crippen LogP contribution in [0.15, 0.2) is 22.7 Å². The highest BCUT2D eigenvalue weighted by Crippen LogP contribution is 2.32. The zero-order chi connectivity index (χ0) is 13.8. The number of hydrogen-bond donors (Lipinski definition) is 1. The summed E-state index contributed by atoms with van der Waals surface area (Å²) in [5.41, 5.74) is 6.39. The lowest BCUT2D eigenvalue weighted by atomic mass is 10.0. The summed E-state index contributed by atoms with van der Waals surface area (Å²) in [6.07, 6.45) is -5.23. The van der Waals surface area contributed by atoms with Gasteiger partial charge in [0.15, 0.2) is 0 Å². The molecule has 0 radical (unpaired) electrons.